The molecule has 0 atom stereocenters. The Balaban J connectivity index is 0.000000184. The number of ether oxygens (including phenoxy) is 1. The third kappa shape index (κ3) is 40.3. The van der Waals surface area contributed by atoms with Crippen molar-refractivity contribution in [1.29, 1.82) is 0 Å². The highest BCUT2D eigenvalue weighted by Crippen LogP contribution is 2.35. The Morgan fingerprint density at radius 3 is 1.52 bits per heavy atom. The number of ketones is 2. The number of thiophene rings is 3. The van der Waals surface area contributed by atoms with Crippen molar-refractivity contribution in [3.8, 4) is 11.4 Å². The summed E-state index contributed by atoms with van der Waals surface area (Å²) >= 11 is 34.2. The van der Waals surface area contributed by atoms with Gasteiger partial charge in [-0.15, -0.1) is 39.1 Å². The van der Waals surface area contributed by atoms with E-state index in [1.807, 2.05) is 126 Å². The van der Waals surface area contributed by atoms with Gasteiger partial charge in [-0.25, -0.2) is 24.6 Å². The number of carbonyl (C=O) groups excluding carboxylic acids is 2. The number of rotatable bonds is 24. The van der Waals surface area contributed by atoms with E-state index in [1.165, 1.54) is 110 Å². The van der Waals surface area contributed by atoms with Crippen LogP contribution in [0, 0.1) is 78.4 Å². The number of hydrogen-bond acceptors (Lipinski definition) is 20. The SMILES string of the molecule is CC(C)C(=O)c1ccc(Cl)s1.CC(C)Cc1ccc2c(N)nc(Cl)cc2c1.CC(C)Cc1ccc2c(N)nccc2c1.CC(C)Cc1ccc2c(N)noc2c1.CC(C)Cc1ccc2ccc(Cl)cc2c1.CC(C)Cc1ccc2cnc(Cl)cc2c1.CC(C)Cc1ccc2sc(Cl)cc2c1.CC(C)Cc1scc2cnccc12.Cc1ccc(-n2cnnn2)c(CC(C)C)c1.Cc1nc(N)cc(OCC(=O)C(C)(C)C)c1CC(C)C. The van der Waals surface area contributed by atoms with E-state index in [9.17, 15) is 9.59 Å². The lowest BCUT2D eigenvalue weighted by molar-refractivity contribution is -0.128. The predicted octanol–water partition coefficient (Wildman–Crippen LogP) is 34.9. The number of carbonyl (C=O) groups is 2. The standard InChI is InChI=1S/C16H26N2O2.C14H15Cl.C13H15ClN2.C13H14ClN.C13H16N2.C12H13ClS.C12H16N4.C11H14N2O.C11H13NS.C8H9ClOS/c1-10(2)7-12-11(3)18-15(17)8-13(12)20-9-14(19)16(4,5)6;1-10(2)7-11-3-4-12-5-6-14(15)9-13(12)8-11;1-8(2)5-9-3-4-11-10(6-9)7-12(14)16-13(11)15;1-9(2)5-10-3-4-11-8-15-13(14)7-12(11)6-10;1-9(2)7-10-3-4-12-11(8-10)5-6-15-13(12)14;1-8(2)5-9-3-4-11-10(6-9)7-12(13)14-11;1-9(2)6-11-7-10(3)4-5-12(11)16-8-13-14-15-16;1-7(2)5-8-3-4-9-10(6-8)14-13-11(9)12;1-8(2)5-11-10-3-4-12-6-9(10)7-13-11;1-5(2)8(10)6-3-4-7(9)11-6/h8,10H,7,9H2,1-6H3,(H2,17,18);3-6,8-10H,7H2,1-2H3;3-4,6-8H,5H2,1-2H3,(H2,15,16);3-4,6-9H,5H2,1-2H3;3-6,8-9H,7H2,1-2H3,(H2,14,15);3-4,6-8H,5H2,1-2H3;4-5,7-9H,6H2,1-3H3;3-4,6-7H,5H2,1-2H3,(H2,12,13);3-4,6-8H,5H2,1-2H3;3-5H,1-2H3. The summed E-state index contributed by atoms with van der Waals surface area (Å²) in [6, 6.07) is 66.0. The Morgan fingerprint density at radius 2 is 0.960 bits per heavy atom. The van der Waals surface area contributed by atoms with Crippen molar-refractivity contribution in [2.24, 2.45) is 64.6 Å². The smallest absolute Gasteiger partial charge is 0.175 e. The highest BCUT2D eigenvalue weighted by Gasteiger charge is 2.24. The van der Waals surface area contributed by atoms with Crippen molar-refractivity contribution in [2.75, 3.05) is 29.5 Å². The maximum atomic E-state index is 12.0. The van der Waals surface area contributed by atoms with Gasteiger partial charge in [0, 0.05) is 95.0 Å². The molecule has 0 fully saturated rings. The first kappa shape index (κ1) is 121. The minimum absolute atomic E-state index is 0.0599. The largest absolute Gasteiger partial charge is 0.485 e. The molecule has 0 saturated carbocycles. The molecule has 10 aromatic heterocycles. The monoisotopic (exact) mass is 2160 g/mol. The molecule has 18 nitrogen and oxygen atoms in total. The number of nitrogen functional groups attached to an aromatic ring is 4. The lowest BCUT2D eigenvalue weighted by atomic mass is 9.91. The average Bonchev–Trinajstić information content (AvgIpc) is 1.80. The molecule has 8 aromatic carbocycles. The maximum absolute atomic E-state index is 12.0. The van der Waals surface area contributed by atoms with Gasteiger partial charge in [0.15, 0.2) is 23.0 Å². The van der Waals surface area contributed by atoms with Gasteiger partial charge in [-0.3, -0.25) is 14.6 Å². The Bertz CT molecular complexity index is 7190. The Morgan fingerprint density at radius 1 is 0.430 bits per heavy atom. The first-order chi connectivity index (χ1) is 70.5. The molecule has 26 heteroatoms. The molecule has 0 aliphatic rings. The van der Waals surface area contributed by atoms with Gasteiger partial charge in [-0.2, -0.15) is 0 Å². The van der Waals surface area contributed by atoms with Crippen LogP contribution in [0.4, 0.5) is 23.3 Å². The third-order valence-electron chi connectivity index (χ3n) is 23.3. The van der Waals surface area contributed by atoms with Crippen molar-refractivity contribution in [2.45, 2.75) is 231 Å². The number of nitrogens with two attached hydrogens (primary N) is 4. The van der Waals surface area contributed by atoms with Gasteiger partial charge in [0.05, 0.1) is 24.6 Å². The van der Waals surface area contributed by atoms with E-state index < -0.39 is 5.41 Å². The molecular weight excluding hydrogens is 2010 g/mol. The molecule has 0 aliphatic heterocycles. The number of fused-ring (bicyclic) bond motifs is 7. The lowest BCUT2D eigenvalue weighted by Gasteiger charge is -2.19. The molecule has 18 aromatic rings. The molecule has 790 valence electrons. The summed E-state index contributed by atoms with van der Waals surface area (Å²) in [4.78, 5) is 46.1. The molecule has 18 rings (SSSR count). The van der Waals surface area contributed by atoms with E-state index >= 15 is 0 Å². The number of aromatic nitrogens is 10. The maximum Gasteiger partial charge on any atom is 0.175 e. The molecule has 0 aliphatic carbocycles. The molecule has 0 unspecified atom stereocenters. The van der Waals surface area contributed by atoms with Gasteiger partial charge in [-0.05, 0) is 291 Å². The van der Waals surface area contributed by atoms with Crippen LogP contribution in [0.5, 0.6) is 5.75 Å². The molecule has 10 heterocycles. The van der Waals surface area contributed by atoms with Crippen LogP contribution >= 0.6 is 92.0 Å². The zero-order valence-electron chi connectivity index (χ0n) is 91.3. The van der Waals surface area contributed by atoms with E-state index in [0.717, 1.165) is 121 Å². The van der Waals surface area contributed by atoms with Crippen LogP contribution in [0.3, 0.4) is 0 Å². The number of tetrazole rings is 1. The first-order valence-electron chi connectivity index (χ1n) is 51.4. The minimum Gasteiger partial charge on any atom is -0.485 e. The number of pyridine rings is 5. The van der Waals surface area contributed by atoms with Crippen LogP contribution in [0.1, 0.15) is 230 Å². The van der Waals surface area contributed by atoms with Crippen molar-refractivity contribution < 1.29 is 18.8 Å². The summed E-state index contributed by atoms with van der Waals surface area (Å²) in [5, 5.41) is 32.9. The van der Waals surface area contributed by atoms with Crippen molar-refractivity contribution in [3.05, 3.63) is 320 Å². The number of halogens is 5. The quantitative estimate of drug-likeness (QED) is 0.0323. The van der Waals surface area contributed by atoms with Crippen molar-refractivity contribution >= 4 is 202 Å². The summed E-state index contributed by atoms with van der Waals surface area (Å²) in [7, 11) is 0. The van der Waals surface area contributed by atoms with Crippen molar-refractivity contribution in [1.82, 2.24) is 50.3 Å². The topological polar surface area (TPSA) is 282 Å². The second kappa shape index (κ2) is 58.8. The number of aryl methyl sites for hydroxylation is 2. The van der Waals surface area contributed by atoms with E-state index in [1.54, 1.807) is 46.7 Å². The zero-order valence-corrected chi connectivity index (χ0v) is 97.5. The average molecular weight is 2160 g/mol. The second-order valence-corrected chi connectivity index (χ2v) is 48.7. The van der Waals surface area contributed by atoms with Crippen LogP contribution < -0.4 is 27.7 Å². The fourth-order valence-corrected chi connectivity index (χ4v) is 20.5. The van der Waals surface area contributed by atoms with E-state index in [2.05, 4.69) is 304 Å². The van der Waals surface area contributed by atoms with Gasteiger partial charge in [0.1, 0.15) is 46.4 Å². The number of benzene rings is 8. The van der Waals surface area contributed by atoms with Crippen molar-refractivity contribution in [3.63, 3.8) is 0 Å². The lowest BCUT2D eigenvalue weighted by Crippen LogP contribution is -2.26. The molecule has 0 saturated heterocycles. The van der Waals surface area contributed by atoms with E-state index in [-0.39, 0.29) is 24.1 Å². The third-order valence-corrected chi connectivity index (χ3v) is 27.5. The van der Waals surface area contributed by atoms with E-state index in [4.69, 9.17) is 90.2 Å². The van der Waals surface area contributed by atoms with Gasteiger partial charge in [-0.1, -0.05) is 337 Å². The molecule has 0 radical (unpaired) electrons. The molecule has 0 bridgehead atoms. The van der Waals surface area contributed by atoms with Crippen LogP contribution in [0.15, 0.2) is 235 Å². The fraction of sp³-hybridized carbons (Fsp3) is 0.374. The van der Waals surface area contributed by atoms with Crippen LogP contribution in [0.2, 0.25) is 24.0 Å². The Kier molecular flexibility index (Phi) is 47.7. The summed E-state index contributed by atoms with van der Waals surface area (Å²) < 4.78 is 15.4. The highest BCUT2D eigenvalue weighted by atomic mass is 35.5. The summed E-state index contributed by atoms with van der Waals surface area (Å²) in [5.74, 6) is 8.89. The molecule has 149 heavy (non-hydrogen) atoms. The molecule has 0 spiro atoms. The predicted molar refractivity (Wildman–Crippen MR) is 641 cm³/mol. The van der Waals surface area contributed by atoms with Gasteiger partial charge < -0.3 is 32.2 Å². The first-order valence-corrected chi connectivity index (χ1v) is 55.8. The van der Waals surface area contributed by atoms with E-state index in [0.29, 0.717) is 91.0 Å². The van der Waals surface area contributed by atoms with Gasteiger partial charge in [0.2, 0.25) is 0 Å². The fourth-order valence-electron chi connectivity index (χ4n) is 16.5. The molecule has 8 N–H and O–H groups in total. The minimum atomic E-state index is -0.397. The number of hydrogen-bond donors (Lipinski definition) is 4. The van der Waals surface area contributed by atoms with Crippen LogP contribution in [-0.2, 0) is 62.6 Å². The van der Waals surface area contributed by atoms with Crippen LogP contribution in [-0.4, -0.2) is 68.5 Å². The molecule has 0 amide bonds. The van der Waals surface area contributed by atoms with Crippen LogP contribution in [0.25, 0.3) is 80.6 Å². The Hall–Kier alpha value is -11.5. The highest BCUT2D eigenvalue weighted by molar-refractivity contribution is 7.22. The van der Waals surface area contributed by atoms with Gasteiger partial charge in [0.25, 0.3) is 0 Å². The second-order valence-electron chi connectivity index (χ2n) is 43.1. The zero-order chi connectivity index (χ0) is 109. The summed E-state index contributed by atoms with van der Waals surface area (Å²) in [6.07, 6.45) is 18.7. The Labute approximate surface area is 920 Å². The number of nitrogens with zero attached hydrogens (tertiary/aromatic N) is 10. The number of anilines is 4. The summed E-state index contributed by atoms with van der Waals surface area (Å²) in [6.45, 7) is 53.4. The summed E-state index contributed by atoms with van der Waals surface area (Å²) in [5.41, 5.74) is 37.0. The normalized spacial score (nSPS) is 11.2. The van der Waals surface area contributed by atoms with Gasteiger partial charge >= 0.3 is 0 Å². The molecular formula is C123H151Cl5N14O4S3. The number of Topliss-reactive ketones (excluding diaryl/α,β-unsaturated/α-hetero) is 2.